The standard InChI is InChI=1S/C25H39N3O6/c1-5-6-7-8-9-23(31)27-22(15-29)25(33)28-21(14-17(2)3)24(32)26-20-12-10-19(11-13-20)16-34-18(4)30/h10-13,17,21-22,29H,5-9,14-16H2,1-4H3,(H,26,32)(H,27,31)(H,28,33)/t21-,22-/m0/s1. The van der Waals surface area contributed by atoms with Crippen LogP contribution in [0.4, 0.5) is 5.69 Å². The number of carbonyl (C=O) groups is 4. The molecule has 1 rings (SSSR count). The zero-order valence-corrected chi connectivity index (χ0v) is 20.7. The molecule has 34 heavy (non-hydrogen) atoms. The largest absolute Gasteiger partial charge is 0.461 e. The fourth-order valence-corrected chi connectivity index (χ4v) is 3.25. The first-order valence-corrected chi connectivity index (χ1v) is 11.9. The van der Waals surface area contributed by atoms with Gasteiger partial charge in [-0.05, 0) is 36.5 Å². The van der Waals surface area contributed by atoms with Crippen LogP contribution >= 0.6 is 0 Å². The van der Waals surface area contributed by atoms with Crippen molar-refractivity contribution in [2.45, 2.75) is 84.9 Å². The van der Waals surface area contributed by atoms with E-state index in [9.17, 15) is 24.3 Å². The van der Waals surface area contributed by atoms with Crippen LogP contribution < -0.4 is 16.0 Å². The molecule has 4 N–H and O–H groups in total. The summed E-state index contributed by atoms with van der Waals surface area (Å²) in [5.74, 6) is -1.58. The van der Waals surface area contributed by atoms with Gasteiger partial charge in [-0.1, -0.05) is 52.2 Å². The molecule has 3 amide bonds. The van der Waals surface area contributed by atoms with Gasteiger partial charge in [-0.2, -0.15) is 0 Å². The van der Waals surface area contributed by atoms with Crippen LogP contribution in [0.1, 0.15) is 71.8 Å². The molecule has 0 aromatic heterocycles. The van der Waals surface area contributed by atoms with Crippen molar-refractivity contribution >= 4 is 29.4 Å². The maximum absolute atomic E-state index is 12.9. The molecule has 0 aliphatic carbocycles. The molecule has 2 atom stereocenters. The number of carbonyl (C=O) groups excluding carboxylic acids is 4. The third-order valence-corrected chi connectivity index (χ3v) is 5.10. The summed E-state index contributed by atoms with van der Waals surface area (Å²) >= 11 is 0. The van der Waals surface area contributed by atoms with Crippen LogP contribution in [-0.4, -0.2) is 47.5 Å². The summed E-state index contributed by atoms with van der Waals surface area (Å²) in [6.07, 6.45) is 4.41. The molecular formula is C25H39N3O6. The number of hydrogen-bond acceptors (Lipinski definition) is 6. The van der Waals surface area contributed by atoms with Crippen molar-refractivity contribution in [2.75, 3.05) is 11.9 Å². The van der Waals surface area contributed by atoms with Crippen molar-refractivity contribution in [3.8, 4) is 0 Å². The smallest absolute Gasteiger partial charge is 0.302 e. The number of anilines is 1. The Kier molecular flexibility index (Phi) is 13.5. The number of benzene rings is 1. The molecule has 9 nitrogen and oxygen atoms in total. The van der Waals surface area contributed by atoms with Gasteiger partial charge in [-0.25, -0.2) is 0 Å². The molecule has 9 heteroatoms. The minimum Gasteiger partial charge on any atom is -0.461 e. The molecule has 0 saturated carbocycles. The van der Waals surface area contributed by atoms with E-state index < -0.39 is 30.5 Å². The lowest BCUT2D eigenvalue weighted by atomic mass is 10.0. The number of ether oxygens (including phenoxy) is 1. The van der Waals surface area contributed by atoms with Crippen molar-refractivity contribution in [3.63, 3.8) is 0 Å². The van der Waals surface area contributed by atoms with E-state index in [1.807, 2.05) is 13.8 Å². The van der Waals surface area contributed by atoms with Crippen LogP contribution in [-0.2, 0) is 30.5 Å². The fraction of sp³-hybridized carbons (Fsp3) is 0.600. The molecule has 0 radical (unpaired) electrons. The number of aliphatic hydroxyl groups is 1. The number of amides is 3. The van der Waals surface area contributed by atoms with E-state index in [0.717, 1.165) is 31.2 Å². The third kappa shape index (κ3) is 11.8. The molecule has 1 aromatic rings. The highest BCUT2D eigenvalue weighted by molar-refractivity contribution is 5.98. The van der Waals surface area contributed by atoms with E-state index >= 15 is 0 Å². The Morgan fingerprint density at radius 3 is 2.18 bits per heavy atom. The van der Waals surface area contributed by atoms with Crippen molar-refractivity contribution in [2.24, 2.45) is 5.92 Å². The minimum absolute atomic E-state index is 0.114. The first kappa shape index (κ1) is 29.1. The van der Waals surface area contributed by atoms with Crippen molar-refractivity contribution < 1.29 is 29.0 Å². The predicted octanol–water partition coefficient (Wildman–Crippen LogP) is 2.67. The highest BCUT2D eigenvalue weighted by atomic mass is 16.5. The topological polar surface area (TPSA) is 134 Å². The van der Waals surface area contributed by atoms with E-state index in [2.05, 4.69) is 22.9 Å². The molecule has 0 heterocycles. The summed E-state index contributed by atoms with van der Waals surface area (Å²) in [5, 5.41) is 17.6. The summed E-state index contributed by atoms with van der Waals surface area (Å²) in [4.78, 5) is 48.6. The molecule has 0 aliphatic heterocycles. The third-order valence-electron chi connectivity index (χ3n) is 5.10. The van der Waals surface area contributed by atoms with Crippen LogP contribution in [0.3, 0.4) is 0 Å². The van der Waals surface area contributed by atoms with Gasteiger partial charge in [0.1, 0.15) is 18.7 Å². The Morgan fingerprint density at radius 1 is 0.941 bits per heavy atom. The lowest BCUT2D eigenvalue weighted by Gasteiger charge is -2.23. The summed E-state index contributed by atoms with van der Waals surface area (Å²) < 4.78 is 4.94. The molecule has 0 unspecified atom stereocenters. The van der Waals surface area contributed by atoms with Gasteiger partial charge in [0, 0.05) is 19.0 Å². The predicted molar refractivity (Wildman–Crippen MR) is 130 cm³/mol. The van der Waals surface area contributed by atoms with Crippen LogP contribution in [0, 0.1) is 5.92 Å². The second-order valence-corrected chi connectivity index (χ2v) is 8.77. The van der Waals surface area contributed by atoms with E-state index in [-0.39, 0.29) is 30.8 Å². The van der Waals surface area contributed by atoms with Crippen LogP contribution in [0.5, 0.6) is 0 Å². The van der Waals surface area contributed by atoms with Crippen LogP contribution in [0.15, 0.2) is 24.3 Å². The SMILES string of the molecule is CCCCCCC(=O)N[C@@H](CO)C(=O)N[C@@H](CC(C)C)C(=O)Nc1ccc(COC(C)=O)cc1. The Bertz CT molecular complexity index is 794. The summed E-state index contributed by atoms with van der Waals surface area (Å²) in [6, 6.07) is 4.85. The fourth-order valence-electron chi connectivity index (χ4n) is 3.25. The average molecular weight is 478 g/mol. The molecule has 1 aromatic carbocycles. The van der Waals surface area contributed by atoms with Crippen LogP contribution in [0.2, 0.25) is 0 Å². The average Bonchev–Trinajstić information content (AvgIpc) is 2.78. The number of esters is 1. The Hall–Kier alpha value is -2.94. The van der Waals surface area contributed by atoms with E-state index in [1.54, 1.807) is 24.3 Å². The number of unbranched alkanes of at least 4 members (excludes halogenated alkanes) is 3. The molecule has 0 bridgehead atoms. The van der Waals surface area contributed by atoms with Gasteiger partial charge in [-0.15, -0.1) is 0 Å². The maximum atomic E-state index is 12.9. The molecule has 0 saturated heterocycles. The number of rotatable bonds is 15. The van der Waals surface area contributed by atoms with Gasteiger partial charge >= 0.3 is 5.97 Å². The monoisotopic (exact) mass is 477 g/mol. The molecule has 190 valence electrons. The van der Waals surface area contributed by atoms with Crippen molar-refractivity contribution in [1.29, 1.82) is 0 Å². The van der Waals surface area contributed by atoms with E-state index in [4.69, 9.17) is 4.74 Å². The minimum atomic E-state index is -1.12. The van der Waals surface area contributed by atoms with E-state index in [0.29, 0.717) is 12.1 Å². The highest BCUT2D eigenvalue weighted by Gasteiger charge is 2.27. The van der Waals surface area contributed by atoms with E-state index in [1.165, 1.54) is 6.92 Å². The highest BCUT2D eigenvalue weighted by Crippen LogP contribution is 2.13. The Labute approximate surface area is 202 Å². The zero-order valence-electron chi connectivity index (χ0n) is 20.7. The zero-order chi connectivity index (χ0) is 25.5. The molecule has 0 spiro atoms. The second-order valence-electron chi connectivity index (χ2n) is 8.77. The summed E-state index contributed by atoms with van der Waals surface area (Å²) in [6.45, 7) is 6.85. The lowest BCUT2D eigenvalue weighted by Crippen LogP contribution is -2.54. The lowest BCUT2D eigenvalue weighted by molar-refractivity contribution is -0.142. The molecule has 0 aliphatic rings. The van der Waals surface area contributed by atoms with Gasteiger partial charge < -0.3 is 25.8 Å². The number of nitrogens with one attached hydrogen (secondary N) is 3. The summed E-state index contributed by atoms with van der Waals surface area (Å²) in [5.41, 5.74) is 1.30. The molecular weight excluding hydrogens is 438 g/mol. The number of aliphatic hydroxyl groups excluding tert-OH is 1. The molecule has 0 fully saturated rings. The van der Waals surface area contributed by atoms with Crippen molar-refractivity contribution in [1.82, 2.24) is 10.6 Å². The van der Waals surface area contributed by atoms with Crippen molar-refractivity contribution in [3.05, 3.63) is 29.8 Å². The van der Waals surface area contributed by atoms with Gasteiger partial charge in [0.15, 0.2) is 0 Å². The van der Waals surface area contributed by atoms with Gasteiger partial charge in [-0.3, -0.25) is 19.2 Å². The Balaban J connectivity index is 2.72. The normalized spacial score (nSPS) is 12.5. The number of hydrogen-bond donors (Lipinski definition) is 4. The van der Waals surface area contributed by atoms with Gasteiger partial charge in [0.25, 0.3) is 0 Å². The first-order valence-electron chi connectivity index (χ1n) is 11.9. The Morgan fingerprint density at radius 2 is 1.62 bits per heavy atom. The maximum Gasteiger partial charge on any atom is 0.302 e. The van der Waals surface area contributed by atoms with Gasteiger partial charge in [0.2, 0.25) is 17.7 Å². The first-order chi connectivity index (χ1) is 16.2. The summed E-state index contributed by atoms with van der Waals surface area (Å²) in [7, 11) is 0. The second kappa shape index (κ2) is 15.8. The van der Waals surface area contributed by atoms with Crippen LogP contribution in [0.25, 0.3) is 0 Å². The van der Waals surface area contributed by atoms with Gasteiger partial charge in [0.05, 0.1) is 6.61 Å². The quantitative estimate of drug-likeness (QED) is 0.227.